The van der Waals surface area contributed by atoms with Gasteiger partial charge >= 0.3 is 5.97 Å². The van der Waals surface area contributed by atoms with Crippen LogP contribution in [0.1, 0.15) is 6.92 Å². The van der Waals surface area contributed by atoms with Crippen molar-refractivity contribution < 1.29 is 19.5 Å². The van der Waals surface area contributed by atoms with E-state index < -0.39 is 12.0 Å². The normalized spacial score (nSPS) is 22.4. The highest BCUT2D eigenvalue weighted by molar-refractivity contribution is 5.90. The van der Waals surface area contributed by atoms with Crippen LogP contribution in [0.25, 0.3) is 0 Å². The molecule has 1 saturated heterocycles. The third kappa shape index (κ3) is 1.84. The molecule has 0 aromatic carbocycles. The van der Waals surface area contributed by atoms with Crippen LogP contribution in [0, 0.1) is 0 Å². The summed E-state index contributed by atoms with van der Waals surface area (Å²) in [6, 6.07) is -0.921. The molecule has 14 heavy (non-hydrogen) atoms. The maximum Gasteiger partial charge on any atom is 0.328 e. The van der Waals surface area contributed by atoms with E-state index in [9.17, 15) is 14.4 Å². The van der Waals surface area contributed by atoms with Crippen molar-refractivity contribution in [3.8, 4) is 0 Å². The van der Waals surface area contributed by atoms with E-state index in [1.54, 1.807) is 0 Å². The molecule has 1 unspecified atom stereocenters. The molecule has 0 aromatic heterocycles. The maximum atomic E-state index is 11.2. The summed E-state index contributed by atoms with van der Waals surface area (Å²) in [7, 11) is 1.52. The quantitative estimate of drug-likeness (QED) is 0.574. The van der Waals surface area contributed by atoms with Gasteiger partial charge in [0.2, 0.25) is 11.8 Å². The van der Waals surface area contributed by atoms with E-state index in [1.807, 2.05) is 0 Å². The van der Waals surface area contributed by atoms with Crippen molar-refractivity contribution in [3.63, 3.8) is 0 Å². The molecule has 0 bridgehead atoms. The van der Waals surface area contributed by atoms with Crippen LogP contribution in [0.3, 0.4) is 0 Å². The molecule has 6 nitrogen and oxygen atoms in total. The van der Waals surface area contributed by atoms with Gasteiger partial charge in [0.15, 0.2) is 0 Å². The molecule has 1 N–H and O–H groups in total. The number of carbonyl (C=O) groups is 3. The Morgan fingerprint density at radius 1 is 1.50 bits per heavy atom. The molecule has 1 heterocycles. The number of rotatable bonds is 1. The monoisotopic (exact) mass is 200 g/mol. The molecule has 1 aliphatic heterocycles. The average molecular weight is 200 g/mol. The predicted molar refractivity (Wildman–Crippen MR) is 46.4 cm³/mol. The van der Waals surface area contributed by atoms with Crippen LogP contribution in [0.2, 0.25) is 0 Å². The van der Waals surface area contributed by atoms with E-state index in [1.165, 1.54) is 18.9 Å². The Balaban J connectivity index is 2.85. The number of amides is 2. The van der Waals surface area contributed by atoms with Crippen LogP contribution in [0.4, 0.5) is 0 Å². The number of likely N-dealkylation sites (N-methyl/N-ethyl adjacent to an activating group) is 1. The summed E-state index contributed by atoms with van der Waals surface area (Å²) in [6.07, 6.45) is 0. The van der Waals surface area contributed by atoms with Crippen molar-refractivity contribution in [2.45, 2.75) is 13.0 Å². The van der Waals surface area contributed by atoms with Gasteiger partial charge in [0.05, 0.1) is 6.54 Å². The Bertz CT molecular complexity index is 289. The highest BCUT2D eigenvalue weighted by Crippen LogP contribution is 2.09. The van der Waals surface area contributed by atoms with Crippen LogP contribution in [0.15, 0.2) is 0 Å². The first kappa shape index (κ1) is 10.5. The van der Waals surface area contributed by atoms with Crippen molar-refractivity contribution in [3.05, 3.63) is 0 Å². The summed E-state index contributed by atoms with van der Waals surface area (Å²) in [6.45, 7) is 1.16. The first-order valence-corrected chi connectivity index (χ1v) is 4.17. The van der Waals surface area contributed by atoms with Crippen molar-refractivity contribution >= 4 is 17.8 Å². The first-order chi connectivity index (χ1) is 6.43. The smallest absolute Gasteiger partial charge is 0.328 e. The number of hydrogen-bond donors (Lipinski definition) is 1. The summed E-state index contributed by atoms with van der Waals surface area (Å²) in [5.41, 5.74) is 0. The molecule has 0 spiro atoms. The second kappa shape index (κ2) is 3.65. The summed E-state index contributed by atoms with van der Waals surface area (Å²) in [5, 5.41) is 8.83. The summed E-state index contributed by atoms with van der Waals surface area (Å²) >= 11 is 0. The lowest BCUT2D eigenvalue weighted by Gasteiger charge is -2.36. The predicted octanol–water partition coefficient (Wildman–Crippen LogP) is -1.24. The van der Waals surface area contributed by atoms with Crippen molar-refractivity contribution in [1.29, 1.82) is 0 Å². The lowest BCUT2D eigenvalue weighted by atomic mass is 10.1. The third-order valence-electron chi connectivity index (χ3n) is 2.24. The van der Waals surface area contributed by atoms with E-state index in [0.29, 0.717) is 0 Å². The SMILES string of the molecule is CC(=O)N1CC(=O)N(C)CC1C(=O)O. The number of carboxylic acids is 1. The van der Waals surface area contributed by atoms with Crippen LogP contribution >= 0.6 is 0 Å². The van der Waals surface area contributed by atoms with Gasteiger partial charge in [-0.25, -0.2) is 4.79 Å². The highest BCUT2D eigenvalue weighted by atomic mass is 16.4. The molecule has 0 aliphatic carbocycles. The highest BCUT2D eigenvalue weighted by Gasteiger charge is 2.36. The second-order valence-electron chi connectivity index (χ2n) is 3.28. The first-order valence-electron chi connectivity index (χ1n) is 4.17. The molecule has 1 rings (SSSR count). The van der Waals surface area contributed by atoms with Gasteiger partial charge in [-0.05, 0) is 0 Å². The largest absolute Gasteiger partial charge is 0.480 e. The van der Waals surface area contributed by atoms with Gasteiger partial charge in [-0.2, -0.15) is 0 Å². The molecule has 0 radical (unpaired) electrons. The number of carboxylic acid groups (broad SMARTS) is 1. The molecule has 0 aromatic rings. The van der Waals surface area contributed by atoms with E-state index in [4.69, 9.17) is 5.11 Å². The number of carbonyl (C=O) groups excluding carboxylic acids is 2. The molecule has 78 valence electrons. The van der Waals surface area contributed by atoms with Crippen molar-refractivity contribution in [2.75, 3.05) is 20.1 Å². The molecule has 2 amide bonds. The molecule has 1 atom stereocenters. The molecule has 1 aliphatic rings. The van der Waals surface area contributed by atoms with Gasteiger partial charge in [0, 0.05) is 14.0 Å². The van der Waals surface area contributed by atoms with Gasteiger partial charge < -0.3 is 14.9 Å². The van der Waals surface area contributed by atoms with E-state index in [-0.39, 0.29) is 24.9 Å². The van der Waals surface area contributed by atoms with Crippen LogP contribution in [0.5, 0.6) is 0 Å². The Morgan fingerprint density at radius 2 is 2.07 bits per heavy atom. The third-order valence-corrected chi connectivity index (χ3v) is 2.24. The summed E-state index contributed by atoms with van der Waals surface area (Å²) in [4.78, 5) is 35.5. The molecular weight excluding hydrogens is 188 g/mol. The fraction of sp³-hybridized carbons (Fsp3) is 0.625. The van der Waals surface area contributed by atoms with Crippen LogP contribution in [-0.4, -0.2) is 58.9 Å². The number of nitrogens with zero attached hydrogens (tertiary/aromatic N) is 2. The van der Waals surface area contributed by atoms with Gasteiger partial charge in [-0.3, -0.25) is 9.59 Å². The fourth-order valence-corrected chi connectivity index (χ4v) is 1.38. The Morgan fingerprint density at radius 3 is 2.50 bits per heavy atom. The summed E-state index contributed by atoms with van der Waals surface area (Å²) < 4.78 is 0. The van der Waals surface area contributed by atoms with Gasteiger partial charge in [-0.15, -0.1) is 0 Å². The van der Waals surface area contributed by atoms with Crippen LogP contribution < -0.4 is 0 Å². The summed E-state index contributed by atoms with van der Waals surface area (Å²) in [5.74, 6) is -1.71. The number of piperazine rings is 1. The Labute approximate surface area is 81.1 Å². The van der Waals surface area contributed by atoms with Crippen molar-refractivity contribution in [1.82, 2.24) is 9.80 Å². The lowest BCUT2D eigenvalue weighted by molar-refractivity contribution is -0.157. The molecule has 6 heteroatoms. The van der Waals surface area contributed by atoms with Gasteiger partial charge in [0.25, 0.3) is 0 Å². The maximum absolute atomic E-state index is 11.2. The fourth-order valence-electron chi connectivity index (χ4n) is 1.38. The number of hydrogen-bond acceptors (Lipinski definition) is 3. The zero-order valence-electron chi connectivity index (χ0n) is 8.06. The van der Waals surface area contributed by atoms with Gasteiger partial charge in [0.1, 0.15) is 12.6 Å². The molecule has 0 saturated carbocycles. The Kier molecular flexibility index (Phi) is 2.73. The minimum absolute atomic E-state index is 0.0494. The van der Waals surface area contributed by atoms with E-state index in [2.05, 4.69) is 0 Å². The Hall–Kier alpha value is -1.59. The topological polar surface area (TPSA) is 77.9 Å². The minimum Gasteiger partial charge on any atom is -0.480 e. The standard InChI is InChI=1S/C8H12N2O4/c1-5(11)10-4-7(12)9(2)3-6(10)8(13)14/h6H,3-4H2,1-2H3,(H,13,14). The average Bonchev–Trinajstić information content (AvgIpc) is 2.08. The van der Waals surface area contributed by atoms with E-state index >= 15 is 0 Å². The zero-order valence-corrected chi connectivity index (χ0v) is 8.06. The zero-order chi connectivity index (χ0) is 10.9. The molecule has 1 fully saturated rings. The van der Waals surface area contributed by atoms with Crippen molar-refractivity contribution in [2.24, 2.45) is 0 Å². The van der Waals surface area contributed by atoms with Gasteiger partial charge in [-0.1, -0.05) is 0 Å². The van der Waals surface area contributed by atoms with E-state index in [0.717, 1.165) is 4.90 Å². The number of aliphatic carboxylic acids is 1. The minimum atomic E-state index is -1.08. The molecular formula is C8H12N2O4. The lowest BCUT2D eigenvalue weighted by Crippen LogP contribution is -2.59. The van der Waals surface area contributed by atoms with Crippen LogP contribution in [-0.2, 0) is 14.4 Å². The second-order valence-corrected chi connectivity index (χ2v) is 3.28.